The third-order valence-electron chi connectivity index (χ3n) is 3.62. The van der Waals surface area contributed by atoms with Crippen LogP contribution >= 0.6 is 11.3 Å². The number of carbonyl (C=O) groups is 1. The van der Waals surface area contributed by atoms with E-state index < -0.39 is 16.4 Å². The third kappa shape index (κ3) is 4.09. The zero-order valence-corrected chi connectivity index (χ0v) is 14.5. The number of amides is 1. The molecule has 3 rings (SSSR count). The van der Waals surface area contributed by atoms with Gasteiger partial charge in [0.05, 0.1) is 17.0 Å². The second-order valence-corrected chi connectivity index (χ2v) is 6.52. The summed E-state index contributed by atoms with van der Waals surface area (Å²) in [6.45, 7) is 2.00. The number of nitrogens with one attached hydrogen (secondary N) is 1. The van der Waals surface area contributed by atoms with E-state index in [1.807, 2.05) is 31.2 Å². The number of nitrogens with zero attached hydrogens (tertiary/aromatic N) is 2. The fourth-order valence-electron chi connectivity index (χ4n) is 2.32. The monoisotopic (exact) mass is 371 g/mol. The van der Waals surface area contributed by atoms with Gasteiger partial charge in [-0.1, -0.05) is 29.8 Å². The van der Waals surface area contributed by atoms with Gasteiger partial charge >= 0.3 is 5.69 Å². The highest BCUT2D eigenvalue weighted by molar-refractivity contribution is 7.13. The Morgan fingerprint density at radius 2 is 2.00 bits per heavy atom. The molecule has 0 spiro atoms. The number of hydrogen-bond acceptors (Lipinski definition) is 5. The van der Waals surface area contributed by atoms with E-state index in [1.165, 1.54) is 17.4 Å². The second kappa shape index (κ2) is 7.40. The molecule has 0 unspecified atom stereocenters. The molecule has 0 saturated heterocycles. The summed E-state index contributed by atoms with van der Waals surface area (Å²) in [4.78, 5) is 26.5. The highest BCUT2D eigenvalue weighted by Gasteiger charge is 2.16. The van der Waals surface area contributed by atoms with Crippen molar-refractivity contribution in [3.05, 3.63) is 75.0 Å². The Morgan fingerprint density at radius 3 is 2.69 bits per heavy atom. The maximum atomic E-state index is 13.3. The van der Waals surface area contributed by atoms with Gasteiger partial charge in [-0.05, 0) is 19.1 Å². The first-order valence-electron chi connectivity index (χ1n) is 7.67. The van der Waals surface area contributed by atoms with E-state index in [0.29, 0.717) is 5.69 Å². The summed E-state index contributed by atoms with van der Waals surface area (Å²) in [5, 5.41) is 15.9. The van der Waals surface area contributed by atoms with Crippen LogP contribution in [0.2, 0.25) is 0 Å². The zero-order valence-electron chi connectivity index (χ0n) is 13.7. The molecule has 0 bridgehead atoms. The first kappa shape index (κ1) is 17.7. The number of aryl methyl sites for hydroxylation is 1. The highest BCUT2D eigenvalue weighted by Crippen LogP contribution is 2.25. The molecule has 3 aromatic rings. The Hall–Kier alpha value is -3.13. The van der Waals surface area contributed by atoms with Gasteiger partial charge in [0.2, 0.25) is 11.7 Å². The van der Waals surface area contributed by atoms with Gasteiger partial charge in [-0.25, -0.2) is 4.98 Å². The van der Waals surface area contributed by atoms with Crippen molar-refractivity contribution >= 4 is 28.6 Å². The van der Waals surface area contributed by atoms with Crippen LogP contribution in [0.15, 0.2) is 47.8 Å². The van der Waals surface area contributed by atoms with E-state index in [2.05, 4.69) is 10.3 Å². The number of carbonyl (C=O) groups excluding carboxylic acids is 1. The Morgan fingerprint density at radius 1 is 1.27 bits per heavy atom. The number of nitro benzene ring substituents is 1. The Bertz CT molecular complexity index is 970. The predicted octanol–water partition coefficient (Wildman–Crippen LogP) is 4.35. The van der Waals surface area contributed by atoms with Gasteiger partial charge in [0.15, 0.2) is 0 Å². The maximum absolute atomic E-state index is 13.3. The molecule has 26 heavy (non-hydrogen) atoms. The molecule has 0 aliphatic carbocycles. The van der Waals surface area contributed by atoms with Crippen LogP contribution in [0.4, 0.5) is 15.8 Å². The van der Waals surface area contributed by atoms with Crippen LogP contribution < -0.4 is 5.32 Å². The van der Waals surface area contributed by atoms with Gasteiger partial charge in [0.25, 0.3) is 0 Å². The summed E-state index contributed by atoms with van der Waals surface area (Å²) in [5.74, 6) is -1.33. The molecule has 1 amide bonds. The number of halogens is 1. The average molecular weight is 371 g/mol. The van der Waals surface area contributed by atoms with Gasteiger partial charge in [-0.15, -0.1) is 11.3 Å². The molecule has 2 aromatic carbocycles. The first-order valence-corrected chi connectivity index (χ1v) is 8.55. The van der Waals surface area contributed by atoms with Crippen molar-refractivity contribution in [2.75, 3.05) is 5.32 Å². The lowest BCUT2D eigenvalue weighted by Crippen LogP contribution is -2.14. The second-order valence-electron chi connectivity index (χ2n) is 5.66. The lowest BCUT2D eigenvalue weighted by molar-refractivity contribution is -0.387. The highest BCUT2D eigenvalue weighted by atomic mass is 32.1. The average Bonchev–Trinajstić information content (AvgIpc) is 3.05. The minimum atomic E-state index is -0.949. The van der Waals surface area contributed by atoms with E-state index in [4.69, 9.17) is 0 Å². The topological polar surface area (TPSA) is 85.1 Å². The standard InChI is InChI=1S/C18H14FN3O3S/c1-11-2-4-12(5-3-11)18-21-14(10-26-18)9-17(23)20-13-6-7-15(19)16(8-13)22(24)25/h2-8,10H,9H2,1H3,(H,20,23). The molecule has 0 fully saturated rings. The number of thiazole rings is 1. The van der Waals surface area contributed by atoms with Crippen molar-refractivity contribution in [2.45, 2.75) is 13.3 Å². The van der Waals surface area contributed by atoms with Crippen molar-refractivity contribution in [3.63, 3.8) is 0 Å². The molecule has 1 N–H and O–H groups in total. The van der Waals surface area contributed by atoms with Crippen LogP contribution in [0.25, 0.3) is 10.6 Å². The third-order valence-corrected chi connectivity index (χ3v) is 4.56. The van der Waals surface area contributed by atoms with Crippen molar-refractivity contribution in [2.24, 2.45) is 0 Å². The number of benzene rings is 2. The predicted molar refractivity (Wildman–Crippen MR) is 97.7 cm³/mol. The van der Waals surface area contributed by atoms with Crippen molar-refractivity contribution in [1.82, 2.24) is 4.98 Å². The van der Waals surface area contributed by atoms with E-state index in [0.717, 1.165) is 28.3 Å². The van der Waals surface area contributed by atoms with E-state index in [9.17, 15) is 19.3 Å². The fourth-order valence-corrected chi connectivity index (χ4v) is 3.14. The van der Waals surface area contributed by atoms with Crippen molar-refractivity contribution in [3.8, 4) is 10.6 Å². The lowest BCUT2D eigenvalue weighted by Gasteiger charge is -2.04. The summed E-state index contributed by atoms with van der Waals surface area (Å²) in [5.41, 5.74) is 2.20. The summed E-state index contributed by atoms with van der Waals surface area (Å²) < 4.78 is 13.3. The quantitative estimate of drug-likeness (QED) is 0.534. The maximum Gasteiger partial charge on any atom is 0.306 e. The van der Waals surface area contributed by atoms with E-state index in [-0.39, 0.29) is 18.0 Å². The molecular weight excluding hydrogens is 357 g/mol. The minimum absolute atomic E-state index is 0.0214. The molecule has 8 heteroatoms. The van der Waals surface area contributed by atoms with Crippen LogP contribution in [0.3, 0.4) is 0 Å². The normalized spacial score (nSPS) is 10.5. The van der Waals surface area contributed by atoms with Crippen LogP contribution in [0.5, 0.6) is 0 Å². The summed E-state index contributed by atoms with van der Waals surface area (Å²) in [7, 11) is 0. The lowest BCUT2D eigenvalue weighted by atomic mass is 10.2. The summed E-state index contributed by atoms with van der Waals surface area (Å²) >= 11 is 1.44. The van der Waals surface area contributed by atoms with Gasteiger partial charge in [-0.3, -0.25) is 14.9 Å². The molecular formula is C18H14FN3O3S. The van der Waals surface area contributed by atoms with E-state index in [1.54, 1.807) is 5.38 Å². The molecule has 0 atom stereocenters. The number of nitro groups is 1. The van der Waals surface area contributed by atoms with Gasteiger partial charge in [0, 0.05) is 22.7 Å². The Balaban J connectivity index is 1.68. The number of hydrogen-bond donors (Lipinski definition) is 1. The summed E-state index contributed by atoms with van der Waals surface area (Å²) in [6.07, 6.45) is 0.0214. The Kier molecular flexibility index (Phi) is 5.04. The van der Waals surface area contributed by atoms with Crippen molar-refractivity contribution in [1.29, 1.82) is 0 Å². The molecule has 1 aromatic heterocycles. The zero-order chi connectivity index (χ0) is 18.7. The van der Waals surface area contributed by atoms with Crippen LogP contribution in [-0.4, -0.2) is 15.8 Å². The largest absolute Gasteiger partial charge is 0.325 e. The minimum Gasteiger partial charge on any atom is -0.325 e. The van der Waals surface area contributed by atoms with E-state index >= 15 is 0 Å². The van der Waals surface area contributed by atoms with Crippen LogP contribution in [0, 0.1) is 22.9 Å². The Labute approximate surface area is 152 Å². The smallest absolute Gasteiger partial charge is 0.306 e. The SMILES string of the molecule is Cc1ccc(-c2nc(CC(=O)Nc3ccc(F)c([N+](=O)[O-])c3)cs2)cc1. The molecule has 0 aliphatic rings. The molecule has 0 aliphatic heterocycles. The molecule has 6 nitrogen and oxygen atoms in total. The molecule has 0 saturated carbocycles. The molecule has 1 heterocycles. The van der Waals surface area contributed by atoms with Gasteiger partial charge in [0.1, 0.15) is 5.01 Å². The number of anilines is 1. The summed E-state index contributed by atoms with van der Waals surface area (Å²) in [6, 6.07) is 11.1. The molecule has 0 radical (unpaired) electrons. The van der Waals surface area contributed by atoms with Crippen LogP contribution in [-0.2, 0) is 11.2 Å². The van der Waals surface area contributed by atoms with Crippen LogP contribution in [0.1, 0.15) is 11.3 Å². The fraction of sp³-hybridized carbons (Fsp3) is 0.111. The number of aromatic nitrogens is 1. The number of rotatable bonds is 5. The molecule has 132 valence electrons. The van der Waals surface area contributed by atoms with Crippen molar-refractivity contribution < 1.29 is 14.1 Å². The van der Waals surface area contributed by atoms with Gasteiger partial charge in [-0.2, -0.15) is 4.39 Å². The first-order chi connectivity index (χ1) is 12.4. The van der Waals surface area contributed by atoms with Gasteiger partial charge < -0.3 is 5.32 Å².